The van der Waals surface area contributed by atoms with Crippen molar-refractivity contribution in [1.82, 2.24) is 0 Å². The molecule has 0 radical (unpaired) electrons. The van der Waals surface area contributed by atoms with Crippen LogP contribution in [-0.4, -0.2) is 31.1 Å². The molecule has 0 spiro atoms. The number of ether oxygens (including phenoxy) is 4. The van der Waals surface area contributed by atoms with Gasteiger partial charge in [-0.1, -0.05) is 38.3 Å². The quantitative estimate of drug-likeness (QED) is 0.231. The molecule has 2 rings (SSSR count). The van der Waals surface area contributed by atoms with Gasteiger partial charge in [-0.15, -0.1) is 0 Å². The molecule has 0 aliphatic carbocycles. The number of carbonyl (C=O) groups is 3. The number of rotatable bonds is 10. The summed E-state index contributed by atoms with van der Waals surface area (Å²) in [6, 6.07) is 12.1. The summed E-state index contributed by atoms with van der Waals surface area (Å²) in [7, 11) is 0. The molecule has 32 heavy (non-hydrogen) atoms. The van der Waals surface area contributed by atoms with E-state index in [0.29, 0.717) is 11.3 Å². The van der Waals surface area contributed by atoms with Gasteiger partial charge in [-0.2, -0.15) is 0 Å². The maximum Gasteiger partial charge on any atom is 0.338 e. The lowest BCUT2D eigenvalue weighted by Gasteiger charge is -2.13. The predicted molar refractivity (Wildman–Crippen MR) is 120 cm³/mol. The van der Waals surface area contributed by atoms with Crippen molar-refractivity contribution in [2.75, 3.05) is 13.2 Å². The first-order valence-corrected chi connectivity index (χ1v) is 9.99. The molecule has 2 aromatic rings. The molecular weight excluding hydrogens is 412 g/mol. The third-order valence-electron chi connectivity index (χ3n) is 4.13. The van der Waals surface area contributed by atoms with Gasteiger partial charge in [0.1, 0.15) is 19.0 Å². The Morgan fingerprint density at radius 1 is 0.781 bits per heavy atom. The van der Waals surface area contributed by atoms with Crippen molar-refractivity contribution < 1.29 is 33.3 Å². The molecule has 0 aliphatic rings. The first-order chi connectivity index (χ1) is 15.2. The number of hydrogen-bond donors (Lipinski definition) is 0. The molecule has 0 N–H and O–H groups in total. The van der Waals surface area contributed by atoms with Gasteiger partial charge in [0.25, 0.3) is 0 Å². The Morgan fingerprint density at radius 3 is 2.00 bits per heavy atom. The van der Waals surface area contributed by atoms with Crippen LogP contribution < -0.4 is 14.2 Å². The summed E-state index contributed by atoms with van der Waals surface area (Å²) in [6.45, 7) is 12.2. The van der Waals surface area contributed by atoms with Gasteiger partial charge < -0.3 is 18.9 Å². The Labute approximate surface area is 187 Å². The molecule has 0 saturated heterocycles. The van der Waals surface area contributed by atoms with Crippen LogP contribution in [0.3, 0.4) is 0 Å². The summed E-state index contributed by atoms with van der Waals surface area (Å²) in [6.07, 6.45) is 0.184. The molecule has 7 nitrogen and oxygen atoms in total. The molecule has 0 aliphatic heterocycles. The van der Waals surface area contributed by atoms with E-state index in [9.17, 15) is 14.4 Å². The van der Waals surface area contributed by atoms with Crippen molar-refractivity contribution in [3.63, 3.8) is 0 Å². The first-order valence-electron chi connectivity index (χ1n) is 9.99. The molecule has 7 heteroatoms. The Morgan fingerprint density at radius 2 is 1.41 bits per heavy atom. The molecule has 0 amide bonds. The molecular formula is C25H26O7. The molecule has 0 fully saturated rings. The third-order valence-corrected chi connectivity index (χ3v) is 4.13. The van der Waals surface area contributed by atoms with E-state index in [2.05, 4.69) is 13.2 Å². The van der Waals surface area contributed by atoms with Gasteiger partial charge in [-0.25, -0.2) is 9.59 Å². The third kappa shape index (κ3) is 7.12. The average molecular weight is 438 g/mol. The van der Waals surface area contributed by atoms with Crippen LogP contribution in [-0.2, 0) is 19.1 Å². The summed E-state index contributed by atoms with van der Waals surface area (Å²) in [5, 5.41) is 0. The van der Waals surface area contributed by atoms with E-state index in [4.69, 9.17) is 18.9 Å². The Hall–Kier alpha value is -3.87. The van der Waals surface area contributed by atoms with Crippen molar-refractivity contribution in [2.45, 2.75) is 27.2 Å². The van der Waals surface area contributed by atoms with Gasteiger partial charge in [0.15, 0.2) is 11.5 Å². The van der Waals surface area contributed by atoms with Crippen molar-refractivity contribution in [2.24, 2.45) is 0 Å². The molecule has 0 atom stereocenters. The van der Waals surface area contributed by atoms with Crippen LogP contribution in [0.25, 0.3) is 11.1 Å². The van der Waals surface area contributed by atoms with E-state index >= 15 is 0 Å². The fourth-order valence-electron chi connectivity index (χ4n) is 2.39. The second-order valence-electron chi connectivity index (χ2n) is 6.95. The van der Waals surface area contributed by atoms with Gasteiger partial charge in [0.05, 0.1) is 0 Å². The molecule has 0 bridgehead atoms. The van der Waals surface area contributed by atoms with Crippen LogP contribution in [0.4, 0.5) is 0 Å². The smallest absolute Gasteiger partial charge is 0.338 e. The van der Waals surface area contributed by atoms with Crippen LogP contribution in [0.15, 0.2) is 66.8 Å². The molecule has 0 unspecified atom stereocenters. The molecule has 0 saturated carbocycles. The predicted octanol–water partition coefficient (Wildman–Crippen LogP) is 4.65. The van der Waals surface area contributed by atoms with E-state index in [1.54, 1.807) is 44.2 Å². The zero-order valence-corrected chi connectivity index (χ0v) is 18.4. The normalized spacial score (nSPS) is 10.1. The van der Waals surface area contributed by atoms with Crippen molar-refractivity contribution in [1.29, 1.82) is 0 Å². The van der Waals surface area contributed by atoms with Gasteiger partial charge >= 0.3 is 17.9 Å². The maximum atomic E-state index is 12.0. The van der Waals surface area contributed by atoms with Crippen molar-refractivity contribution in [3.8, 4) is 28.4 Å². The lowest BCUT2D eigenvalue weighted by molar-refractivity contribution is -0.139. The first kappa shape index (κ1) is 24.4. The highest BCUT2D eigenvalue weighted by atomic mass is 16.6. The van der Waals surface area contributed by atoms with Gasteiger partial charge in [-0.3, -0.25) is 4.79 Å². The fourth-order valence-corrected chi connectivity index (χ4v) is 2.39. The van der Waals surface area contributed by atoms with E-state index in [0.717, 1.165) is 11.1 Å². The summed E-state index contributed by atoms with van der Waals surface area (Å²) in [5.74, 6) is -0.646. The van der Waals surface area contributed by atoms with Crippen LogP contribution in [0.5, 0.6) is 17.2 Å². The van der Waals surface area contributed by atoms with Gasteiger partial charge in [0, 0.05) is 17.6 Å². The number of esters is 3. The number of benzene rings is 2. The van der Waals surface area contributed by atoms with Crippen molar-refractivity contribution in [3.05, 3.63) is 66.8 Å². The average Bonchev–Trinajstić information content (AvgIpc) is 2.77. The molecule has 0 aromatic heterocycles. The van der Waals surface area contributed by atoms with Crippen LogP contribution >= 0.6 is 0 Å². The lowest BCUT2D eigenvalue weighted by Crippen LogP contribution is -2.12. The minimum atomic E-state index is -0.618. The summed E-state index contributed by atoms with van der Waals surface area (Å²) in [5.41, 5.74) is 2.12. The highest BCUT2D eigenvalue weighted by molar-refractivity contribution is 5.89. The highest BCUT2D eigenvalue weighted by Crippen LogP contribution is 2.34. The fraction of sp³-hybridized carbons (Fsp3) is 0.240. The Bertz CT molecular complexity index is 1020. The monoisotopic (exact) mass is 438 g/mol. The SMILES string of the molecule is C=C(C)C(=O)OCCOc1ccc(-c2ccc(OC(=O)CC)c(OC(=O)C(=C)C)c2)cc1. The number of carbonyl (C=O) groups excluding carboxylic acids is 3. The van der Waals surface area contributed by atoms with Crippen LogP contribution in [0.1, 0.15) is 27.2 Å². The van der Waals surface area contributed by atoms with Gasteiger partial charge in [-0.05, 0) is 49.2 Å². The molecule has 168 valence electrons. The molecule has 0 heterocycles. The van der Waals surface area contributed by atoms with E-state index in [1.165, 1.54) is 6.92 Å². The topological polar surface area (TPSA) is 88.1 Å². The lowest BCUT2D eigenvalue weighted by atomic mass is 10.0. The minimum Gasteiger partial charge on any atom is -0.490 e. The molecule has 2 aromatic carbocycles. The highest BCUT2D eigenvalue weighted by Gasteiger charge is 2.15. The largest absolute Gasteiger partial charge is 0.490 e. The van der Waals surface area contributed by atoms with Crippen LogP contribution in [0, 0.1) is 0 Å². The maximum absolute atomic E-state index is 12.0. The summed E-state index contributed by atoms with van der Waals surface area (Å²) in [4.78, 5) is 35.0. The standard InChI is InChI=1S/C25H26O7/c1-6-23(26)31-21-12-9-19(15-22(21)32-25(28)17(4)5)18-7-10-20(11-8-18)29-13-14-30-24(27)16(2)3/h7-12,15H,2,4,6,13-14H2,1,3,5H3. The Kier molecular flexibility index (Phi) is 8.77. The Balaban J connectivity index is 2.13. The van der Waals surface area contributed by atoms with Gasteiger partial charge in [0.2, 0.25) is 0 Å². The van der Waals surface area contributed by atoms with E-state index in [-0.39, 0.29) is 36.7 Å². The summed E-state index contributed by atoms with van der Waals surface area (Å²) < 4.78 is 21.2. The van der Waals surface area contributed by atoms with E-state index in [1.807, 2.05) is 12.1 Å². The second-order valence-corrected chi connectivity index (χ2v) is 6.95. The summed E-state index contributed by atoms with van der Waals surface area (Å²) >= 11 is 0. The zero-order valence-electron chi connectivity index (χ0n) is 18.4. The second kappa shape index (κ2) is 11.5. The van der Waals surface area contributed by atoms with E-state index < -0.39 is 17.9 Å². The van der Waals surface area contributed by atoms with Crippen LogP contribution in [0.2, 0.25) is 0 Å². The number of hydrogen-bond acceptors (Lipinski definition) is 7. The minimum absolute atomic E-state index is 0.114. The van der Waals surface area contributed by atoms with Crippen molar-refractivity contribution >= 4 is 17.9 Å². The zero-order chi connectivity index (χ0) is 23.7.